The zero-order valence-electron chi connectivity index (χ0n) is 11.1. The fraction of sp³-hybridized carbons (Fsp3) is 0.667. The van der Waals surface area contributed by atoms with Gasteiger partial charge in [-0.25, -0.2) is 9.97 Å². The maximum Gasteiger partial charge on any atom is 0.138 e. The highest BCUT2D eigenvalue weighted by Gasteiger charge is 2.19. The van der Waals surface area contributed by atoms with E-state index in [9.17, 15) is 0 Å². The van der Waals surface area contributed by atoms with E-state index in [1.807, 2.05) is 25.1 Å². The molecular formula is C12H22N4. The Bertz CT molecular complexity index is 353. The van der Waals surface area contributed by atoms with Crippen molar-refractivity contribution in [3.8, 4) is 0 Å². The molecule has 0 radical (unpaired) electrons. The number of rotatable bonds is 3. The van der Waals surface area contributed by atoms with Crippen LogP contribution >= 0.6 is 0 Å². The van der Waals surface area contributed by atoms with Crippen molar-refractivity contribution < 1.29 is 0 Å². The molecule has 0 amide bonds. The van der Waals surface area contributed by atoms with Crippen molar-refractivity contribution >= 4 is 11.6 Å². The Balaban J connectivity index is 3.19. The zero-order valence-corrected chi connectivity index (χ0v) is 11.1. The van der Waals surface area contributed by atoms with E-state index in [0.717, 1.165) is 24.0 Å². The quantitative estimate of drug-likeness (QED) is 0.852. The van der Waals surface area contributed by atoms with Crippen LogP contribution in [0.4, 0.5) is 11.6 Å². The molecule has 4 nitrogen and oxygen atoms in total. The van der Waals surface area contributed by atoms with Crippen LogP contribution in [0.2, 0.25) is 0 Å². The summed E-state index contributed by atoms with van der Waals surface area (Å²) in [6.45, 7) is 9.30. The van der Waals surface area contributed by atoms with Gasteiger partial charge in [0.1, 0.15) is 17.5 Å². The number of aromatic nitrogens is 2. The normalized spacial score (nSPS) is 11.4. The van der Waals surface area contributed by atoms with E-state index in [2.05, 4.69) is 43.0 Å². The van der Waals surface area contributed by atoms with Crippen molar-refractivity contribution in [2.24, 2.45) is 0 Å². The molecule has 0 aliphatic heterocycles. The Morgan fingerprint density at radius 2 is 1.88 bits per heavy atom. The van der Waals surface area contributed by atoms with Crippen LogP contribution in [0.1, 0.15) is 33.5 Å². The Kier molecular flexibility index (Phi) is 3.73. The molecule has 90 valence electrons. The summed E-state index contributed by atoms with van der Waals surface area (Å²) in [4.78, 5) is 11.1. The molecule has 1 heterocycles. The fourth-order valence-corrected chi connectivity index (χ4v) is 1.27. The zero-order chi connectivity index (χ0) is 12.3. The molecule has 0 bridgehead atoms. The summed E-state index contributed by atoms with van der Waals surface area (Å²) < 4.78 is 0. The molecule has 0 aliphatic carbocycles. The monoisotopic (exact) mass is 222 g/mol. The number of hydrogen-bond acceptors (Lipinski definition) is 4. The van der Waals surface area contributed by atoms with Crippen LogP contribution in [0.15, 0.2) is 6.07 Å². The number of hydrogen-bond donors (Lipinski definition) is 1. The predicted octanol–water partition coefficient (Wildman–Crippen LogP) is 2.27. The van der Waals surface area contributed by atoms with Gasteiger partial charge in [0.15, 0.2) is 0 Å². The molecule has 0 atom stereocenters. The van der Waals surface area contributed by atoms with Crippen LogP contribution in [0.25, 0.3) is 0 Å². The van der Waals surface area contributed by atoms with Gasteiger partial charge in [0.25, 0.3) is 0 Å². The number of anilines is 2. The minimum absolute atomic E-state index is 0.0316. The Morgan fingerprint density at radius 1 is 1.25 bits per heavy atom. The van der Waals surface area contributed by atoms with Gasteiger partial charge in [0.2, 0.25) is 0 Å². The first kappa shape index (κ1) is 12.7. The molecular weight excluding hydrogens is 200 g/mol. The van der Waals surface area contributed by atoms with Gasteiger partial charge in [0.05, 0.1) is 0 Å². The Morgan fingerprint density at radius 3 is 2.31 bits per heavy atom. The van der Waals surface area contributed by atoms with Crippen molar-refractivity contribution in [3.63, 3.8) is 0 Å². The van der Waals surface area contributed by atoms with Gasteiger partial charge in [-0.1, -0.05) is 20.8 Å². The molecule has 0 spiro atoms. The first-order valence-electron chi connectivity index (χ1n) is 5.65. The Hall–Kier alpha value is -1.32. The summed E-state index contributed by atoms with van der Waals surface area (Å²) in [5.41, 5.74) is -0.0316. The van der Waals surface area contributed by atoms with Crippen LogP contribution in [-0.2, 0) is 5.41 Å². The van der Waals surface area contributed by atoms with Gasteiger partial charge < -0.3 is 10.2 Å². The lowest BCUT2D eigenvalue weighted by Crippen LogP contribution is -2.20. The molecule has 0 unspecified atom stereocenters. The SMILES string of the molecule is CCNc1cc(N(C)C)nc(C(C)(C)C)n1. The van der Waals surface area contributed by atoms with Gasteiger partial charge in [-0.15, -0.1) is 0 Å². The first-order chi connectivity index (χ1) is 7.34. The maximum atomic E-state index is 4.56. The van der Waals surface area contributed by atoms with Crippen LogP contribution in [0.3, 0.4) is 0 Å². The minimum atomic E-state index is -0.0316. The van der Waals surface area contributed by atoms with Gasteiger partial charge in [-0.05, 0) is 6.92 Å². The smallest absolute Gasteiger partial charge is 0.138 e. The molecule has 0 aliphatic rings. The van der Waals surface area contributed by atoms with Crippen molar-refractivity contribution in [2.45, 2.75) is 33.1 Å². The lowest BCUT2D eigenvalue weighted by molar-refractivity contribution is 0.546. The molecule has 0 saturated heterocycles. The van der Waals surface area contributed by atoms with Crippen molar-refractivity contribution in [1.82, 2.24) is 9.97 Å². The largest absolute Gasteiger partial charge is 0.370 e. The Labute approximate surface area is 98.1 Å². The van der Waals surface area contributed by atoms with E-state index in [0.29, 0.717) is 0 Å². The van der Waals surface area contributed by atoms with E-state index < -0.39 is 0 Å². The lowest BCUT2D eigenvalue weighted by Gasteiger charge is -2.21. The average molecular weight is 222 g/mol. The van der Waals surface area contributed by atoms with Gasteiger partial charge in [-0.3, -0.25) is 0 Å². The summed E-state index contributed by atoms with van der Waals surface area (Å²) >= 11 is 0. The molecule has 4 heteroatoms. The first-order valence-corrected chi connectivity index (χ1v) is 5.65. The lowest BCUT2D eigenvalue weighted by atomic mass is 9.96. The maximum absolute atomic E-state index is 4.56. The summed E-state index contributed by atoms with van der Waals surface area (Å²) in [6, 6.07) is 1.97. The average Bonchev–Trinajstić information content (AvgIpc) is 2.16. The van der Waals surface area contributed by atoms with Crippen molar-refractivity contribution in [2.75, 3.05) is 30.9 Å². The molecule has 1 aromatic rings. The highest BCUT2D eigenvalue weighted by Crippen LogP contribution is 2.23. The highest BCUT2D eigenvalue weighted by molar-refractivity contribution is 5.49. The molecule has 0 aromatic carbocycles. The van der Waals surface area contributed by atoms with E-state index in [1.54, 1.807) is 0 Å². The molecule has 16 heavy (non-hydrogen) atoms. The third-order valence-corrected chi connectivity index (χ3v) is 2.20. The minimum Gasteiger partial charge on any atom is -0.370 e. The van der Waals surface area contributed by atoms with Crippen LogP contribution in [0.5, 0.6) is 0 Å². The fourth-order valence-electron chi connectivity index (χ4n) is 1.27. The summed E-state index contributed by atoms with van der Waals surface area (Å²) in [6.07, 6.45) is 0. The molecule has 1 rings (SSSR count). The van der Waals surface area contributed by atoms with E-state index in [1.165, 1.54) is 0 Å². The second-order valence-corrected chi connectivity index (χ2v) is 5.11. The van der Waals surface area contributed by atoms with Crippen molar-refractivity contribution in [1.29, 1.82) is 0 Å². The van der Waals surface area contributed by atoms with E-state index in [4.69, 9.17) is 0 Å². The van der Waals surface area contributed by atoms with E-state index in [-0.39, 0.29) is 5.41 Å². The summed E-state index contributed by atoms with van der Waals surface area (Å²) in [5.74, 6) is 2.71. The second-order valence-electron chi connectivity index (χ2n) is 5.11. The predicted molar refractivity (Wildman–Crippen MR) is 69.2 cm³/mol. The van der Waals surface area contributed by atoms with Crippen LogP contribution in [-0.4, -0.2) is 30.6 Å². The molecule has 0 saturated carbocycles. The topological polar surface area (TPSA) is 41.0 Å². The van der Waals surface area contributed by atoms with Crippen LogP contribution in [0, 0.1) is 0 Å². The van der Waals surface area contributed by atoms with Crippen molar-refractivity contribution in [3.05, 3.63) is 11.9 Å². The van der Waals surface area contributed by atoms with E-state index >= 15 is 0 Å². The summed E-state index contributed by atoms with van der Waals surface area (Å²) in [7, 11) is 3.98. The third kappa shape index (κ3) is 3.08. The molecule has 1 N–H and O–H groups in total. The summed E-state index contributed by atoms with van der Waals surface area (Å²) in [5, 5.41) is 3.24. The van der Waals surface area contributed by atoms with Gasteiger partial charge >= 0.3 is 0 Å². The van der Waals surface area contributed by atoms with Gasteiger partial charge in [0, 0.05) is 32.1 Å². The number of nitrogens with zero attached hydrogens (tertiary/aromatic N) is 3. The molecule has 1 aromatic heterocycles. The highest BCUT2D eigenvalue weighted by atomic mass is 15.2. The number of nitrogens with one attached hydrogen (secondary N) is 1. The molecule has 0 fully saturated rings. The third-order valence-electron chi connectivity index (χ3n) is 2.20. The van der Waals surface area contributed by atoms with Crippen LogP contribution < -0.4 is 10.2 Å². The standard InChI is InChI=1S/C12H22N4/c1-7-13-9-8-10(16(5)6)15-11(14-9)12(2,3)4/h8H,7H2,1-6H3,(H,13,14,15). The second kappa shape index (κ2) is 4.68. The van der Waals surface area contributed by atoms with Gasteiger partial charge in [-0.2, -0.15) is 0 Å².